The molecular weight excluding hydrogens is 278 g/mol. The van der Waals surface area contributed by atoms with Gasteiger partial charge >= 0.3 is 0 Å². The summed E-state index contributed by atoms with van der Waals surface area (Å²) in [6.45, 7) is 7.54. The van der Waals surface area contributed by atoms with Gasteiger partial charge in [-0.3, -0.25) is 0 Å². The predicted octanol–water partition coefficient (Wildman–Crippen LogP) is 6.95. The SMILES string of the molecule is C=C1C=CN(CCCCCCCCCCCC)c2ccccc21. The molecule has 126 valence electrons. The van der Waals surface area contributed by atoms with E-state index in [0.717, 1.165) is 12.1 Å². The average Bonchev–Trinajstić information content (AvgIpc) is 2.58. The fourth-order valence-corrected chi connectivity index (χ4v) is 3.31. The van der Waals surface area contributed by atoms with Gasteiger partial charge in [-0.1, -0.05) is 89.5 Å². The van der Waals surface area contributed by atoms with E-state index < -0.39 is 0 Å². The highest BCUT2D eigenvalue weighted by Gasteiger charge is 2.13. The summed E-state index contributed by atoms with van der Waals surface area (Å²) < 4.78 is 0. The Balaban J connectivity index is 1.58. The number of nitrogens with zero attached hydrogens (tertiary/aromatic N) is 1. The normalized spacial score (nSPS) is 13.4. The van der Waals surface area contributed by atoms with E-state index in [1.807, 2.05) is 0 Å². The van der Waals surface area contributed by atoms with Crippen LogP contribution in [0, 0.1) is 0 Å². The van der Waals surface area contributed by atoms with Crippen LogP contribution < -0.4 is 4.90 Å². The van der Waals surface area contributed by atoms with E-state index in [-0.39, 0.29) is 0 Å². The van der Waals surface area contributed by atoms with Crippen molar-refractivity contribution in [3.8, 4) is 0 Å². The molecule has 1 heteroatoms. The van der Waals surface area contributed by atoms with Gasteiger partial charge in [0.2, 0.25) is 0 Å². The number of anilines is 1. The van der Waals surface area contributed by atoms with Gasteiger partial charge in [-0.25, -0.2) is 0 Å². The topological polar surface area (TPSA) is 3.24 Å². The quantitative estimate of drug-likeness (QED) is 0.399. The Morgan fingerprint density at radius 3 is 2.13 bits per heavy atom. The number of hydrogen-bond acceptors (Lipinski definition) is 1. The Labute approximate surface area is 143 Å². The van der Waals surface area contributed by atoms with Crippen molar-refractivity contribution in [2.75, 3.05) is 11.4 Å². The van der Waals surface area contributed by atoms with E-state index in [2.05, 4.69) is 54.9 Å². The van der Waals surface area contributed by atoms with E-state index in [0.29, 0.717) is 0 Å². The van der Waals surface area contributed by atoms with Crippen LogP contribution in [0.3, 0.4) is 0 Å². The number of rotatable bonds is 11. The van der Waals surface area contributed by atoms with Crippen molar-refractivity contribution in [3.63, 3.8) is 0 Å². The molecule has 1 aliphatic rings. The lowest BCUT2D eigenvalue weighted by atomic mass is 10.0. The highest BCUT2D eigenvalue weighted by Crippen LogP contribution is 2.31. The van der Waals surface area contributed by atoms with Crippen LogP contribution in [0.1, 0.15) is 76.7 Å². The van der Waals surface area contributed by atoms with Gasteiger partial charge in [0.15, 0.2) is 0 Å². The van der Waals surface area contributed by atoms with Crippen LogP contribution in [0.15, 0.2) is 43.1 Å². The minimum absolute atomic E-state index is 1.12. The fourth-order valence-electron chi connectivity index (χ4n) is 3.31. The summed E-state index contributed by atoms with van der Waals surface area (Å²) in [4.78, 5) is 2.38. The number of para-hydroxylation sites is 1. The lowest BCUT2D eigenvalue weighted by Crippen LogP contribution is -2.20. The van der Waals surface area contributed by atoms with Gasteiger partial charge in [0.1, 0.15) is 0 Å². The molecule has 1 nitrogen and oxygen atoms in total. The van der Waals surface area contributed by atoms with Gasteiger partial charge in [-0.2, -0.15) is 0 Å². The smallest absolute Gasteiger partial charge is 0.0485 e. The molecule has 0 atom stereocenters. The third kappa shape index (κ3) is 5.89. The maximum atomic E-state index is 4.13. The Morgan fingerprint density at radius 1 is 0.826 bits per heavy atom. The molecule has 0 aromatic heterocycles. The zero-order chi connectivity index (χ0) is 16.3. The lowest BCUT2D eigenvalue weighted by molar-refractivity contribution is 0.557. The number of fused-ring (bicyclic) bond motifs is 1. The first-order valence-electron chi connectivity index (χ1n) is 9.56. The summed E-state index contributed by atoms with van der Waals surface area (Å²) in [5.74, 6) is 0. The maximum absolute atomic E-state index is 4.13. The van der Waals surface area contributed by atoms with Crippen molar-refractivity contribution < 1.29 is 0 Å². The van der Waals surface area contributed by atoms with Crippen LogP contribution in [0.4, 0.5) is 5.69 Å². The van der Waals surface area contributed by atoms with E-state index in [1.165, 1.54) is 75.5 Å². The fraction of sp³-hybridized carbons (Fsp3) is 0.545. The molecule has 0 radical (unpaired) electrons. The van der Waals surface area contributed by atoms with Gasteiger partial charge < -0.3 is 4.90 Å². The van der Waals surface area contributed by atoms with Gasteiger partial charge in [0.05, 0.1) is 0 Å². The van der Waals surface area contributed by atoms with Gasteiger partial charge in [0.25, 0.3) is 0 Å². The van der Waals surface area contributed by atoms with Crippen molar-refractivity contribution in [3.05, 3.63) is 48.7 Å². The molecule has 0 spiro atoms. The van der Waals surface area contributed by atoms with Crippen molar-refractivity contribution >= 4 is 11.3 Å². The largest absolute Gasteiger partial charge is 0.347 e. The molecule has 1 heterocycles. The van der Waals surface area contributed by atoms with Gasteiger partial charge in [0, 0.05) is 24.0 Å². The molecule has 0 amide bonds. The summed E-state index contributed by atoms with van der Waals surface area (Å²) in [6, 6.07) is 8.60. The first-order valence-corrected chi connectivity index (χ1v) is 9.56. The second-order valence-corrected chi connectivity index (χ2v) is 6.73. The van der Waals surface area contributed by atoms with Crippen LogP contribution in [-0.4, -0.2) is 6.54 Å². The second-order valence-electron chi connectivity index (χ2n) is 6.73. The molecule has 0 N–H and O–H groups in total. The third-order valence-corrected chi connectivity index (χ3v) is 4.77. The molecule has 0 fully saturated rings. The van der Waals surface area contributed by atoms with Gasteiger partial charge in [-0.05, 0) is 24.1 Å². The molecule has 1 aromatic rings. The van der Waals surface area contributed by atoms with E-state index in [4.69, 9.17) is 0 Å². The van der Waals surface area contributed by atoms with Crippen LogP contribution >= 0.6 is 0 Å². The Bertz CT molecular complexity index is 500. The van der Waals surface area contributed by atoms with Crippen molar-refractivity contribution in [2.45, 2.75) is 71.1 Å². The van der Waals surface area contributed by atoms with E-state index >= 15 is 0 Å². The molecule has 0 saturated carbocycles. The molecule has 1 aliphatic heterocycles. The second kappa shape index (κ2) is 10.3. The van der Waals surface area contributed by atoms with Crippen molar-refractivity contribution in [2.24, 2.45) is 0 Å². The number of benzene rings is 1. The van der Waals surface area contributed by atoms with Crippen LogP contribution in [-0.2, 0) is 0 Å². The number of hydrogen-bond donors (Lipinski definition) is 0. The van der Waals surface area contributed by atoms with E-state index in [9.17, 15) is 0 Å². The van der Waals surface area contributed by atoms with Crippen LogP contribution in [0.5, 0.6) is 0 Å². The summed E-state index contributed by atoms with van der Waals surface area (Å²) in [7, 11) is 0. The maximum Gasteiger partial charge on any atom is 0.0485 e. The number of unbranched alkanes of at least 4 members (excludes halogenated alkanes) is 9. The number of allylic oxidation sites excluding steroid dienone is 2. The first kappa shape index (κ1) is 17.8. The van der Waals surface area contributed by atoms with Gasteiger partial charge in [-0.15, -0.1) is 0 Å². The molecule has 0 bridgehead atoms. The molecule has 23 heavy (non-hydrogen) atoms. The Kier molecular flexibility index (Phi) is 8.00. The summed E-state index contributed by atoms with van der Waals surface area (Å²) >= 11 is 0. The zero-order valence-electron chi connectivity index (χ0n) is 14.9. The molecule has 2 rings (SSSR count). The average molecular weight is 312 g/mol. The van der Waals surface area contributed by atoms with Crippen molar-refractivity contribution in [1.29, 1.82) is 0 Å². The first-order chi connectivity index (χ1) is 11.3. The third-order valence-electron chi connectivity index (χ3n) is 4.77. The minimum atomic E-state index is 1.12. The molecule has 0 unspecified atom stereocenters. The van der Waals surface area contributed by atoms with Crippen LogP contribution in [0.2, 0.25) is 0 Å². The monoisotopic (exact) mass is 311 g/mol. The molecule has 0 aliphatic carbocycles. The minimum Gasteiger partial charge on any atom is -0.347 e. The molecule has 0 saturated heterocycles. The standard InChI is InChI=1S/C22H33N/c1-3-4-5-6-7-8-9-10-11-14-18-23-19-17-20(2)21-15-12-13-16-22(21)23/h12-13,15-17,19H,2-11,14,18H2,1H3. The highest BCUT2D eigenvalue weighted by molar-refractivity contribution is 5.84. The highest BCUT2D eigenvalue weighted by atomic mass is 15.1. The van der Waals surface area contributed by atoms with Crippen molar-refractivity contribution in [1.82, 2.24) is 0 Å². The Morgan fingerprint density at radius 2 is 1.43 bits per heavy atom. The summed E-state index contributed by atoms with van der Waals surface area (Å²) in [5, 5.41) is 0. The zero-order valence-corrected chi connectivity index (χ0v) is 14.9. The lowest BCUT2D eigenvalue weighted by Gasteiger charge is -2.27. The Hall–Kier alpha value is -1.50. The predicted molar refractivity (Wildman–Crippen MR) is 104 cm³/mol. The van der Waals surface area contributed by atoms with Crippen LogP contribution in [0.25, 0.3) is 5.57 Å². The molecular formula is C22H33N. The summed E-state index contributed by atoms with van der Waals surface area (Å²) in [5.41, 5.74) is 3.72. The molecule has 1 aromatic carbocycles. The van der Waals surface area contributed by atoms with E-state index in [1.54, 1.807) is 0 Å². The summed E-state index contributed by atoms with van der Waals surface area (Å²) in [6.07, 6.45) is 18.3.